The van der Waals surface area contributed by atoms with E-state index in [1.807, 2.05) is 0 Å². The Balaban J connectivity index is 2.03. The van der Waals surface area contributed by atoms with Crippen LogP contribution < -0.4 is 10.1 Å². The van der Waals surface area contributed by atoms with Crippen LogP contribution in [0.25, 0.3) is 0 Å². The highest BCUT2D eigenvalue weighted by molar-refractivity contribution is 5.30. The standard InChI is InChI=1S/C13H19NO/c1-13(2,3)15-11-6-4-10(5-7-11)12-8-9-14-12/h4-7,12,14H,8-9H2,1-3H3/t12-/m0/s1. The van der Waals surface area contributed by atoms with Crippen molar-refractivity contribution in [2.45, 2.75) is 38.8 Å². The lowest BCUT2D eigenvalue weighted by atomic mass is 9.98. The topological polar surface area (TPSA) is 21.3 Å². The average molecular weight is 205 g/mol. The first-order valence-electron chi connectivity index (χ1n) is 5.57. The average Bonchev–Trinajstić information content (AvgIpc) is 2.02. The molecule has 2 nitrogen and oxygen atoms in total. The van der Waals surface area contributed by atoms with Crippen molar-refractivity contribution in [1.29, 1.82) is 0 Å². The predicted octanol–water partition coefficient (Wildman–Crippen LogP) is 2.90. The van der Waals surface area contributed by atoms with Gasteiger partial charge in [0.15, 0.2) is 0 Å². The minimum absolute atomic E-state index is 0.115. The molecule has 82 valence electrons. The van der Waals surface area contributed by atoms with Crippen molar-refractivity contribution >= 4 is 0 Å². The zero-order valence-corrected chi connectivity index (χ0v) is 9.71. The third-order valence-corrected chi connectivity index (χ3v) is 2.53. The van der Waals surface area contributed by atoms with E-state index in [-0.39, 0.29) is 5.60 Å². The molecule has 1 aliphatic rings. The fourth-order valence-electron chi connectivity index (χ4n) is 1.69. The largest absolute Gasteiger partial charge is 0.488 e. The molecule has 0 spiro atoms. The summed E-state index contributed by atoms with van der Waals surface area (Å²) in [5.74, 6) is 0.950. The van der Waals surface area contributed by atoms with E-state index in [1.54, 1.807) is 0 Å². The Morgan fingerprint density at radius 2 is 1.80 bits per heavy atom. The van der Waals surface area contributed by atoms with Crippen molar-refractivity contribution in [2.24, 2.45) is 0 Å². The molecule has 0 amide bonds. The monoisotopic (exact) mass is 205 g/mol. The van der Waals surface area contributed by atoms with Crippen molar-refractivity contribution in [3.8, 4) is 5.75 Å². The van der Waals surface area contributed by atoms with E-state index in [4.69, 9.17) is 4.74 Å². The quantitative estimate of drug-likeness (QED) is 0.801. The van der Waals surface area contributed by atoms with Gasteiger partial charge in [-0.15, -0.1) is 0 Å². The molecular weight excluding hydrogens is 186 g/mol. The van der Waals surface area contributed by atoms with Gasteiger partial charge in [-0.25, -0.2) is 0 Å². The van der Waals surface area contributed by atoms with Crippen LogP contribution in [0.3, 0.4) is 0 Å². The van der Waals surface area contributed by atoms with Crippen LogP contribution in [0.15, 0.2) is 24.3 Å². The van der Waals surface area contributed by atoms with Crippen molar-refractivity contribution in [3.05, 3.63) is 29.8 Å². The van der Waals surface area contributed by atoms with Gasteiger partial charge in [0.2, 0.25) is 0 Å². The molecule has 0 saturated carbocycles. The minimum atomic E-state index is -0.115. The van der Waals surface area contributed by atoms with Crippen LogP contribution in [0.4, 0.5) is 0 Å². The van der Waals surface area contributed by atoms with Gasteiger partial charge in [0.25, 0.3) is 0 Å². The normalized spacial score (nSPS) is 20.9. The zero-order valence-electron chi connectivity index (χ0n) is 9.71. The zero-order chi connectivity index (χ0) is 10.9. The molecule has 1 N–H and O–H groups in total. The van der Waals surface area contributed by atoms with Gasteiger partial charge in [-0.3, -0.25) is 0 Å². The molecule has 1 atom stereocenters. The van der Waals surface area contributed by atoms with E-state index >= 15 is 0 Å². The molecule has 1 saturated heterocycles. The molecule has 1 heterocycles. The lowest BCUT2D eigenvalue weighted by molar-refractivity contribution is 0.131. The van der Waals surface area contributed by atoms with E-state index < -0.39 is 0 Å². The van der Waals surface area contributed by atoms with Crippen LogP contribution in [0.1, 0.15) is 38.8 Å². The second-order valence-electron chi connectivity index (χ2n) is 5.08. The van der Waals surface area contributed by atoms with Gasteiger partial charge >= 0.3 is 0 Å². The molecule has 0 aliphatic carbocycles. The minimum Gasteiger partial charge on any atom is -0.488 e. The Labute approximate surface area is 91.6 Å². The number of ether oxygens (including phenoxy) is 1. The van der Waals surface area contributed by atoms with Crippen LogP contribution in [0.5, 0.6) is 5.75 Å². The van der Waals surface area contributed by atoms with E-state index in [0.29, 0.717) is 6.04 Å². The van der Waals surface area contributed by atoms with Gasteiger partial charge in [0.1, 0.15) is 11.4 Å². The third-order valence-electron chi connectivity index (χ3n) is 2.53. The molecule has 0 bridgehead atoms. The number of nitrogens with one attached hydrogen (secondary N) is 1. The molecule has 1 aromatic rings. The molecule has 1 aromatic carbocycles. The summed E-state index contributed by atoms with van der Waals surface area (Å²) in [4.78, 5) is 0. The molecule has 0 aromatic heterocycles. The van der Waals surface area contributed by atoms with Gasteiger partial charge < -0.3 is 10.1 Å². The second-order valence-corrected chi connectivity index (χ2v) is 5.08. The molecule has 2 rings (SSSR count). The fourth-order valence-corrected chi connectivity index (χ4v) is 1.69. The van der Waals surface area contributed by atoms with Crippen molar-refractivity contribution in [2.75, 3.05) is 6.54 Å². The molecule has 1 fully saturated rings. The Bertz CT molecular complexity index is 319. The van der Waals surface area contributed by atoms with E-state index in [2.05, 4.69) is 50.4 Å². The summed E-state index contributed by atoms with van der Waals surface area (Å²) < 4.78 is 5.77. The maximum Gasteiger partial charge on any atom is 0.120 e. The second kappa shape index (κ2) is 3.86. The highest BCUT2D eigenvalue weighted by Gasteiger charge is 2.18. The predicted molar refractivity (Wildman–Crippen MR) is 62.2 cm³/mol. The number of benzene rings is 1. The summed E-state index contributed by atoms with van der Waals surface area (Å²) in [6, 6.07) is 8.98. The maximum absolute atomic E-state index is 5.77. The van der Waals surface area contributed by atoms with E-state index in [0.717, 1.165) is 12.3 Å². The maximum atomic E-state index is 5.77. The Morgan fingerprint density at radius 1 is 1.20 bits per heavy atom. The van der Waals surface area contributed by atoms with Crippen LogP contribution in [-0.2, 0) is 0 Å². The highest BCUT2D eigenvalue weighted by atomic mass is 16.5. The summed E-state index contributed by atoms with van der Waals surface area (Å²) in [5.41, 5.74) is 1.25. The molecule has 0 radical (unpaired) electrons. The SMILES string of the molecule is CC(C)(C)Oc1ccc([C@@H]2CCN2)cc1. The smallest absolute Gasteiger partial charge is 0.120 e. The summed E-state index contributed by atoms with van der Waals surface area (Å²) in [6.45, 7) is 7.34. The molecular formula is C13H19NO. The van der Waals surface area contributed by atoms with Gasteiger partial charge in [-0.1, -0.05) is 12.1 Å². The lowest BCUT2D eigenvalue weighted by Crippen LogP contribution is -2.34. The van der Waals surface area contributed by atoms with Crippen LogP contribution in [-0.4, -0.2) is 12.1 Å². The van der Waals surface area contributed by atoms with Crippen molar-refractivity contribution in [1.82, 2.24) is 5.32 Å². The van der Waals surface area contributed by atoms with E-state index in [1.165, 1.54) is 12.0 Å². The molecule has 15 heavy (non-hydrogen) atoms. The van der Waals surface area contributed by atoms with Gasteiger partial charge in [0, 0.05) is 6.04 Å². The highest BCUT2D eigenvalue weighted by Crippen LogP contribution is 2.25. The molecule has 0 unspecified atom stereocenters. The van der Waals surface area contributed by atoms with Crippen LogP contribution in [0.2, 0.25) is 0 Å². The number of hydrogen-bond donors (Lipinski definition) is 1. The number of rotatable bonds is 2. The third kappa shape index (κ3) is 2.72. The van der Waals surface area contributed by atoms with Crippen molar-refractivity contribution in [3.63, 3.8) is 0 Å². The van der Waals surface area contributed by atoms with Gasteiger partial charge in [-0.05, 0) is 51.4 Å². The summed E-state index contributed by atoms with van der Waals surface area (Å²) in [6.07, 6.45) is 1.25. The molecule has 2 heteroatoms. The van der Waals surface area contributed by atoms with Crippen molar-refractivity contribution < 1.29 is 4.74 Å². The fraction of sp³-hybridized carbons (Fsp3) is 0.538. The summed E-state index contributed by atoms with van der Waals surface area (Å²) >= 11 is 0. The van der Waals surface area contributed by atoms with Crippen LogP contribution in [0, 0.1) is 0 Å². The first kappa shape index (κ1) is 10.5. The summed E-state index contributed by atoms with van der Waals surface area (Å²) in [5, 5.41) is 3.39. The van der Waals surface area contributed by atoms with Crippen LogP contribution >= 0.6 is 0 Å². The van der Waals surface area contributed by atoms with E-state index in [9.17, 15) is 0 Å². The van der Waals surface area contributed by atoms with Gasteiger partial charge in [-0.2, -0.15) is 0 Å². The Kier molecular flexibility index (Phi) is 2.70. The number of hydrogen-bond acceptors (Lipinski definition) is 2. The Hall–Kier alpha value is -1.02. The van der Waals surface area contributed by atoms with Gasteiger partial charge in [0.05, 0.1) is 0 Å². The first-order valence-corrected chi connectivity index (χ1v) is 5.57. The summed E-state index contributed by atoms with van der Waals surface area (Å²) in [7, 11) is 0. The molecule has 1 aliphatic heterocycles. The first-order chi connectivity index (χ1) is 7.04. The Morgan fingerprint density at radius 3 is 2.20 bits per heavy atom. The lowest BCUT2D eigenvalue weighted by Gasteiger charge is -2.28.